The Kier molecular flexibility index (Phi) is 11.4. The molecule has 1 atom stereocenters. The predicted molar refractivity (Wildman–Crippen MR) is 87.8 cm³/mol. The summed E-state index contributed by atoms with van der Waals surface area (Å²) in [7, 11) is 0. The number of aliphatic carboxylic acids is 2. The van der Waals surface area contributed by atoms with Gasteiger partial charge in [0.1, 0.15) is 0 Å². The Morgan fingerprint density at radius 3 is 2.04 bits per heavy atom. The lowest BCUT2D eigenvalue weighted by Gasteiger charge is -2.26. The largest absolute Gasteiger partial charge is 0.481 e. The third kappa shape index (κ3) is 11.6. The van der Waals surface area contributed by atoms with Crippen molar-refractivity contribution in [1.82, 2.24) is 0 Å². The summed E-state index contributed by atoms with van der Waals surface area (Å²) >= 11 is 0. The van der Waals surface area contributed by atoms with Crippen LogP contribution in [0.15, 0.2) is 30.3 Å². The minimum absolute atomic E-state index is 0.00880. The van der Waals surface area contributed by atoms with E-state index in [1.54, 1.807) is 0 Å². The van der Waals surface area contributed by atoms with E-state index in [0.717, 1.165) is 5.56 Å². The second-order valence-corrected chi connectivity index (χ2v) is 5.30. The Labute approximate surface area is 141 Å². The fourth-order valence-electron chi connectivity index (χ4n) is 1.79. The van der Waals surface area contributed by atoms with Gasteiger partial charge in [-0.25, -0.2) is 0 Å². The monoisotopic (exact) mass is 342 g/mol. The van der Waals surface area contributed by atoms with Crippen molar-refractivity contribution >= 4 is 11.9 Å². The molecule has 0 bridgehead atoms. The number of aliphatic hydroxyl groups is 2. The maximum atomic E-state index is 10.3. The van der Waals surface area contributed by atoms with Crippen molar-refractivity contribution in [2.24, 2.45) is 0 Å². The summed E-state index contributed by atoms with van der Waals surface area (Å²) < 4.78 is 5.21. The zero-order chi connectivity index (χ0) is 18.4. The molecular weight excluding hydrogens is 316 g/mol. The molecule has 0 saturated carbocycles. The zero-order valence-electron chi connectivity index (χ0n) is 13.9. The summed E-state index contributed by atoms with van der Waals surface area (Å²) in [6.45, 7) is 2.46. The molecule has 0 aliphatic rings. The molecule has 1 aromatic rings. The summed E-state index contributed by atoms with van der Waals surface area (Å²) in [4.78, 5) is 19.3. The molecule has 0 heterocycles. The molecule has 0 aromatic heterocycles. The minimum Gasteiger partial charge on any atom is -0.481 e. The number of carbonyl (C=O) groups is 2. The third-order valence-electron chi connectivity index (χ3n) is 3.19. The van der Waals surface area contributed by atoms with Crippen LogP contribution in [0.25, 0.3) is 0 Å². The molecule has 1 unspecified atom stereocenters. The summed E-state index contributed by atoms with van der Waals surface area (Å²) in [5, 5.41) is 34.7. The van der Waals surface area contributed by atoms with Gasteiger partial charge in [-0.1, -0.05) is 37.3 Å². The summed E-state index contributed by atoms with van der Waals surface area (Å²) in [6.07, 6.45) is 0.619. The topological polar surface area (TPSA) is 124 Å². The number of carboxylic acids is 2. The average molecular weight is 342 g/mol. The molecule has 0 fully saturated rings. The van der Waals surface area contributed by atoms with Crippen molar-refractivity contribution in [2.45, 2.75) is 38.2 Å². The average Bonchev–Trinajstić information content (AvgIpc) is 2.55. The lowest BCUT2D eigenvalue weighted by molar-refractivity contribution is -0.143. The highest BCUT2D eigenvalue weighted by Gasteiger charge is 2.25. The summed E-state index contributed by atoms with van der Waals surface area (Å²) in [5.74, 6) is -2.15. The van der Waals surface area contributed by atoms with Gasteiger partial charge in [-0.05, 0) is 12.0 Å². The summed E-state index contributed by atoms with van der Waals surface area (Å²) in [6, 6.07) is 9.86. The molecular formula is C17H26O7. The predicted octanol–water partition coefficient (Wildman–Crippen LogP) is 1.31. The molecule has 24 heavy (non-hydrogen) atoms. The Morgan fingerprint density at radius 2 is 1.62 bits per heavy atom. The molecule has 0 spiro atoms. The molecule has 1 aromatic carbocycles. The van der Waals surface area contributed by atoms with Crippen LogP contribution in [0.2, 0.25) is 0 Å². The lowest BCUT2D eigenvalue weighted by Crippen LogP contribution is -2.36. The van der Waals surface area contributed by atoms with E-state index in [0.29, 0.717) is 12.8 Å². The first-order chi connectivity index (χ1) is 11.3. The lowest BCUT2D eigenvalue weighted by atomic mass is 9.93. The van der Waals surface area contributed by atoms with Crippen molar-refractivity contribution in [1.29, 1.82) is 0 Å². The zero-order valence-corrected chi connectivity index (χ0v) is 13.9. The smallest absolute Gasteiger partial charge is 0.303 e. The van der Waals surface area contributed by atoms with E-state index in [1.165, 1.54) is 0 Å². The first-order valence-corrected chi connectivity index (χ1v) is 7.71. The van der Waals surface area contributed by atoms with Crippen LogP contribution in [0.3, 0.4) is 0 Å². The highest BCUT2D eigenvalue weighted by atomic mass is 16.5. The van der Waals surface area contributed by atoms with Crippen LogP contribution in [0.5, 0.6) is 0 Å². The van der Waals surface area contributed by atoms with Gasteiger partial charge < -0.3 is 25.2 Å². The fraction of sp³-hybridized carbons (Fsp3) is 0.529. The van der Waals surface area contributed by atoms with Crippen molar-refractivity contribution in [2.75, 3.05) is 19.8 Å². The number of carboxylic acid groups (broad SMARTS) is 2. The van der Waals surface area contributed by atoms with E-state index in [4.69, 9.17) is 20.1 Å². The number of benzene rings is 1. The van der Waals surface area contributed by atoms with Crippen molar-refractivity contribution < 1.29 is 34.8 Å². The number of rotatable bonds is 10. The molecule has 0 aliphatic carbocycles. The van der Waals surface area contributed by atoms with E-state index >= 15 is 0 Å². The molecule has 0 radical (unpaired) electrons. The summed E-state index contributed by atoms with van der Waals surface area (Å²) in [5.41, 5.74) is 0.260. The molecule has 1 rings (SSSR count). The van der Waals surface area contributed by atoms with Crippen molar-refractivity contribution in [3.05, 3.63) is 35.9 Å². The van der Waals surface area contributed by atoms with Crippen LogP contribution in [0, 0.1) is 0 Å². The Morgan fingerprint density at radius 1 is 1.08 bits per heavy atom. The molecule has 7 heteroatoms. The third-order valence-corrected chi connectivity index (χ3v) is 3.19. The van der Waals surface area contributed by atoms with E-state index in [2.05, 4.69) is 0 Å². The number of hydrogen-bond donors (Lipinski definition) is 4. The number of hydrogen-bond acceptors (Lipinski definition) is 5. The van der Waals surface area contributed by atoms with Crippen molar-refractivity contribution in [3.63, 3.8) is 0 Å². The molecule has 0 amide bonds. The van der Waals surface area contributed by atoms with Gasteiger partial charge in [0, 0.05) is 6.42 Å². The van der Waals surface area contributed by atoms with Crippen LogP contribution < -0.4 is 0 Å². The highest BCUT2D eigenvalue weighted by Crippen LogP contribution is 2.17. The van der Waals surface area contributed by atoms with Crippen LogP contribution in [0.4, 0.5) is 0 Å². The maximum absolute atomic E-state index is 10.3. The van der Waals surface area contributed by atoms with E-state index in [-0.39, 0.29) is 32.7 Å². The van der Waals surface area contributed by atoms with E-state index in [9.17, 15) is 14.7 Å². The molecule has 4 N–H and O–H groups in total. The standard InChI is InChI=1S/C13H20O3.C4H6O4/c1-2-13(15,11-16-9-8-14)10-12-6-4-3-5-7-12;5-3(6)1-2-4(7)8/h3-7,14-15H,2,8-11H2,1H3;1-2H2,(H,5,6)(H,7,8). The second-order valence-electron chi connectivity index (χ2n) is 5.30. The van der Waals surface area contributed by atoms with Gasteiger partial charge in [-0.3, -0.25) is 9.59 Å². The molecule has 136 valence electrons. The molecule has 0 saturated heterocycles. The van der Waals surface area contributed by atoms with Gasteiger partial charge in [0.15, 0.2) is 0 Å². The van der Waals surface area contributed by atoms with Crippen LogP contribution >= 0.6 is 0 Å². The van der Waals surface area contributed by atoms with Crippen LogP contribution in [-0.2, 0) is 20.7 Å². The Hall–Kier alpha value is -1.96. The normalized spacial score (nSPS) is 12.6. The SMILES string of the molecule is CCC(O)(COCCO)Cc1ccccc1.O=C(O)CCC(=O)O. The minimum atomic E-state index is -1.08. The second kappa shape index (κ2) is 12.5. The quantitative estimate of drug-likeness (QED) is 0.473. The Bertz CT molecular complexity index is 461. The number of ether oxygens (including phenoxy) is 1. The van der Waals surface area contributed by atoms with Gasteiger partial charge in [0.2, 0.25) is 0 Å². The van der Waals surface area contributed by atoms with Crippen LogP contribution in [-0.4, -0.2) is 57.8 Å². The first kappa shape index (κ1) is 22.0. The fourth-order valence-corrected chi connectivity index (χ4v) is 1.79. The molecule has 0 aliphatic heterocycles. The van der Waals surface area contributed by atoms with E-state index in [1.807, 2.05) is 37.3 Å². The van der Waals surface area contributed by atoms with Gasteiger partial charge in [-0.2, -0.15) is 0 Å². The molecule has 7 nitrogen and oxygen atoms in total. The Balaban J connectivity index is 0.000000561. The van der Waals surface area contributed by atoms with Gasteiger partial charge in [-0.15, -0.1) is 0 Å². The van der Waals surface area contributed by atoms with E-state index < -0.39 is 17.5 Å². The van der Waals surface area contributed by atoms with Crippen molar-refractivity contribution in [3.8, 4) is 0 Å². The first-order valence-electron chi connectivity index (χ1n) is 7.71. The van der Waals surface area contributed by atoms with Crippen LogP contribution in [0.1, 0.15) is 31.7 Å². The van der Waals surface area contributed by atoms with Gasteiger partial charge >= 0.3 is 11.9 Å². The van der Waals surface area contributed by atoms with Gasteiger partial charge in [0.25, 0.3) is 0 Å². The van der Waals surface area contributed by atoms with Gasteiger partial charge in [0.05, 0.1) is 38.3 Å². The highest BCUT2D eigenvalue weighted by molar-refractivity contribution is 5.75. The number of aliphatic hydroxyl groups excluding tert-OH is 1. The maximum Gasteiger partial charge on any atom is 0.303 e.